The first-order valence-corrected chi connectivity index (χ1v) is 6.75. The average molecular weight is 275 g/mol. The molecule has 0 bridgehead atoms. The van der Waals surface area contributed by atoms with Crippen molar-refractivity contribution >= 4 is 17.0 Å². The van der Waals surface area contributed by atoms with Crippen molar-refractivity contribution in [3.8, 4) is 0 Å². The summed E-state index contributed by atoms with van der Waals surface area (Å²) >= 11 is 0. The first kappa shape index (κ1) is 14.5. The highest BCUT2D eigenvalue weighted by atomic mass is 16.4. The number of benzene rings is 1. The monoisotopic (exact) mass is 275 g/mol. The quantitative estimate of drug-likeness (QED) is 0.910. The maximum Gasteiger partial charge on any atom is 0.323 e. The summed E-state index contributed by atoms with van der Waals surface area (Å²) in [6, 6.07) is 7.75. The zero-order valence-electron chi connectivity index (χ0n) is 12.4. The number of nitrogens with zero attached hydrogens (tertiary/aromatic N) is 3. The van der Waals surface area contributed by atoms with E-state index in [0.29, 0.717) is 5.92 Å². The summed E-state index contributed by atoms with van der Waals surface area (Å²) in [4.78, 5) is 17.9. The van der Waals surface area contributed by atoms with Crippen LogP contribution in [0.25, 0.3) is 11.0 Å². The second-order valence-electron chi connectivity index (χ2n) is 5.59. The van der Waals surface area contributed by atoms with Gasteiger partial charge in [-0.3, -0.25) is 9.69 Å². The molecule has 0 aliphatic rings. The SMILES string of the molecule is CC(C)C(c1nc2ccccc2n1CC(=O)O)N(C)C. The number of aliphatic carboxylic acids is 1. The van der Waals surface area contributed by atoms with Crippen molar-refractivity contribution in [2.24, 2.45) is 5.92 Å². The summed E-state index contributed by atoms with van der Waals surface area (Å²) in [7, 11) is 3.99. The third kappa shape index (κ3) is 2.67. The molecule has 5 nitrogen and oxygen atoms in total. The van der Waals surface area contributed by atoms with Crippen LogP contribution in [-0.2, 0) is 11.3 Å². The van der Waals surface area contributed by atoms with E-state index in [1.165, 1.54) is 0 Å². The molecule has 1 heterocycles. The maximum atomic E-state index is 11.2. The third-order valence-electron chi connectivity index (χ3n) is 3.43. The molecule has 1 unspecified atom stereocenters. The van der Waals surface area contributed by atoms with E-state index < -0.39 is 5.97 Å². The fourth-order valence-corrected chi connectivity index (χ4v) is 2.75. The highest BCUT2D eigenvalue weighted by molar-refractivity contribution is 5.78. The van der Waals surface area contributed by atoms with E-state index in [2.05, 4.69) is 23.7 Å². The lowest BCUT2D eigenvalue weighted by atomic mass is 10.0. The minimum Gasteiger partial charge on any atom is -0.480 e. The Balaban J connectivity index is 2.64. The largest absolute Gasteiger partial charge is 0.480 e. The highest BCUT2D eigenvalue weighted by Gasteiger charge is 2.25. The average Bonchev–Trinajstić information content (AvgIpc) is 2.67. The van der Waals surface area contributed by atoms with Crippen molar-refractivity contribution in [2.45, 2.75) is 26.4 Å². The second-order valence-corrected chi connectivity index (χ2v) is 5.59. The lowest BCUT2D eigenvalue weighted by molar-refractivity contribution is -0.137. The summed E-state index contributed by atoms with van der Waals surface area (Å²) in [5.74, 6) is 0.304. The van der Waals surface area contributed by atoms with E-state index in [-0.39, 0.29) is 12.6 Å². The van der Waals surface area contributed by atoms with Gasteiger partial charge < -0.3 is 9.67 Å². The number of carboxylic acid groups (broad SMARTS) is 1. The molecule has 0 saturated heterocycles. The molecular weight excluding hydrogens is 254 g/mol. The first-order valence-electron chi connectivity index (χ1n) is 6.75. The van der Waals surface area contributed by atoms with Crippen molar-refractivity contribution in [1.29, 1.82) is 0 Å². The van der Waals surface area contributed by atoms with Gasteiger partial charge in [0.05, 0.1) is 17.1 Å². The molecule has 0 amide bonds. The lowest BCUT2D eigenvalue weighted by Crippen LogP contribution is -2.28. The number of rotatable bonds is 5. The molecule has 2 rings (SSSR count). The van der Waals surface area contributed by atoms with Crippen LogP contribution in [0.1, 0.15) is 25.7 Å². The van der Waals surface area contributed by atoms with Crippen LogP contribution >= 0.6 is 0 Å². The number of aromatic nitrogens is 2. The Morgan fingerprint density at radius 1 is 1.35 bits per heavy atom. The summed E-state index contributed by atoms with van der Waals surface area (Å²) < 4.78 is 1.81. The van der Waals surface area contributed by atoms with Crippen LogP contribution in [0.5, 0.6) is 0 Å². The lowest BCUT2D eigenvalue weighted by Gasteiger charge is -2.27. The minimum atomic E-state index is -0.851. The summed E-state index contributed by atoms with van der Waals surface area (Å²) in [6.45, 7) is 4.18. The van der Waals surface area contributed by atoms with Gasteiger partial charge in [0.25, 0.3) is 0 Å². The van der Waals surface area contributed by atoms with Gasteiger partial charge in [0.15, 0.2) is 0 Å². The Morgan fingerprint density at radius 3 is 2.55 bits per heavy atom. The molecule has 0 aliphatic carbocycles. The minimum absolute atomic E-state index is 0.0626. The van der Waals surface area contributed by atoms with Gasteiger partial charge in [0.1, 0.15) is 12.4 Å². The fraction of sp³-hybridized carbons (Fsp3) is 0.467. The molecular formula is C15H21N3O2. The highest BCUT2D eigenvalue weighted by Crippen LogP contribution is 2.29. The van der Waals surface area contributed by atoms with Crippen molar-refractivity contribution in [3.05, 3.63) is 30.1 Å². The summed E-state index contributed by atoms with van der Waals surface area (Å²) in [6.07, 6.45) is 0. The van der Waals surface area contributed by atoms with Gasteiger partial charge >= 0.3 is 5.97 Å². The van der Waals surface area contributed by atoms with Gasteiger partial charge in [-0.25, -0.2) is 4.98 Å². The molecule has 20 heavy (non-hydrogen) atoms. The van der Waals surface area contributed by atoms with Crippen LogP contribution < -0.4 is 0 Å². The van der Waals surface area contributed by atoms with Gasteiger partial charge in [0.2, 0.25) is 0 Å². The summed E-state index contributed by atoms with van der Waals surface area (Å²) in [5, 5.41) is 9.17. The number of para-hydroxylation sites is 2. The topological polar surface area (TPSA) is 58.4 Å². The van der Waals surface area contributed by atoms with Gasteiger partial charge in [-0.05, 0) is 32.1 Å². The molecule has 1 aromatic carbocycles. The zero-order valence-corrected chi connectivity index (χ0v) is 12.4. The van der Waals surface area contributed by atoms with E-state index in [1.54, 1.807) is 0 Å². The molecule has 5 heteroatoms. The Morgan fingerprint density at radius 2 is 2.00 bits per heavy atom. The van der Waals surface area contributed by atoms with Crippen LogP contribution in [-0.4, -0.2) is 39.6 Å². The molecule has 0 radical (unpaired) electrons. The molecule has 0 spiro atoms. The molecule has 1 aromatic heterocycles. The number of hydrogen-bond acceptors (Lipinski definition) is 3. The maximum absolute atomic E-state index is 11.2. The van der Waals surface area contributed by atoms with E-state index in [0.717, 1.165) is 16.9 Å². The van der Waals surface area contributed by atoms with Crippen molar-refractivity contribution in [1.82, 2.24) is 14.5 Å². The van der Waals surface area contributed by atoms with Crippen LogP contribution in [0.2, 0.25) is 0 Å². The Labute approximate surface area is 118 Å². The van der Waals surface area contributed by atoms with Gasteiger partial charge in [-0.15, -0.1) is 0 Å². The molecule has 1 atom stereocenters. The normalized spacial score (nSPS) is 13.3. The van der Waals surface area contributed by atoms with E-state index in [9.17, 15) is 4.79 Å². The van der Waals surface area contributed by atoms with Crippen LogP contribution in [0, 0.1) is 5.92 Å². The fourth-order valence-electron chi connectivity index (χ4n) is 2.75. The molecule has 0 aliphatic heterocycles. The number of imidazole rings is 1. The van der Waals surface area contributed by atoms with Crippen molar-refractivity contribution < 1.29 is 9.90 Å². The zero-order chi connectivity index (χ0) is 14.9. The number of carboxylic acids is 1. The van der Waals surface area contributed by atoms with E-state index in [4.69, 9.17) is 5.11 Å². The van der Waals surface area contributed by atoms with Crippen molar-refractivity contribution in [3.63, 3.8) is 0 Å². The van der Waals surface area contributed by atoms with Crippen LogP contribution in [0.15, 0.2) is 24.3 Å². The third-order valence-corrected chi connectivity index (χ3v) is 3.43. The van der Waals surface area contributed by atoms with Gasteiger partial charge in [0, 0.05) is 0 Å². The number of carbonyl (C=O) groups is 1. The molecule has 1 N–H and O–H groups in total. The smallest absolute Gasteiger partial charge is 0.323 e. The second kappa shape index (κ2) is 5.63. The predicted molar refractivity (Wildman–Crippen MR) is 78.6 cm³/mol. The molecule has 0 fully saturated rings. The van der Waals surface area contributed by atoms with Crippen molar-refractivity contribution in [2.75, 3.05) is 14.1 Å². The predicted octanol–water partition coefficient (Wildman–Crippen LogP) is 2.38. The van der Waals surface area contributed by atoms with Crippen LogP contribution in [0.3, 0.4) is 0 Å². The summed E-state index contributed by atoms with van der Waals surface area (Å²) in [5.41, 5.74) is 1.72. The Bertz CT molecular complexity index is 609. The number of fused-ring (bicyclic) bond motifs is 1. The first-order chi connectivity index (χ1) is 9.41. The Kier molecular flexibility index (Phi) is 4.09. The van der Waals surface area contributed by atoms with Gasteiger partial charge in [-0.2, -0.15) is 0 Å². The van der Waals surface area contributed by atoms with Crippen LogP contribution in [0.4, 0.5) is 0 Å². The van der Waals surface area contributed by atoms with E-state index >= 15 is 0 Å². The standard InChI is InChI=1S/C15H21N3O2/c1-10(2)14(17(3)4)15-16-11-7-5-6-8-12(11)18(15)9-13(19)20/h5-8,10,14H,9H2,1-4H3,(H,19,20). The molecule has 2 aromatic rings. The Hall–Kier alpha value is -1.88. The van der Waals surface area contributed by atoms with E-state index in [1.807, 2.05) is 42.9 Å². The molecule has 0 saturated carbocycles. The number of hydrogen-bond donors (Lipinski definition) is 1. The van der Waals surface area contributed by atoms with Gasteiger partial charge in [-0.1, -0.05) is 26.0 Å². The molecule has 108 valence electrons.